The fourth-order valence-electron chi connectivity index (χ4n) is 0.898. The van der Waals surface area contributed by atoms with Gasteiger partial charge in [0, 0.05) is 5.75 Å². The number of hydrogen-bond acceptors (Lipinski definition) is 3. The first-order valence-electron chi connectivity index (χ1n) is 5.62. The lowest BCUT2D eigenvalue weighted by molar-refractivity contribution is -0.904. The van der Waals surface area contributed by atoms with Crippen LogP contribution in [0.2, 0.25) is 0 Å². The number of rotatable bonds is 6. The van der Waals surface area contributed by atoms with Crippen LogP contribution in [0.5, 0.6) is 0 Å². The van der Waals surface area contributed by atoms with Crippen molar-refractivity contribution in [3.8, 4) is 0 Å². The molecule has 0 N–H and O–H groups in total. The predicted octanol–water partition coefficient (Wildman–Crippen LogP) is 1.60. The normalized spacial score (nSPS) is 11.6. The summed E-state index contributed by atoms with van der Waals surface area (Å²) in [6, 6.07) is 0. The molecule has 0 amide bonds. The highest BCUT2D eigenvalue weighted by Gasteiger charge is 2.10. The highest BCUT2D eigenvalue weighted by Crippen LogP contribution is 1.97. The Labute approximate surface area is 100 Å². The molecular formula is C11H25NO3S. The zero-order valence-corrected chi connectivity index (χ0v) is 11.7. The van der Waals surface area contributed by atoms with Gasteiger partial charge in [-0.05, 0) is 27.2 Å². The quantitative estimate of drug-likeness (QED) is 0.409. The first-order valence-corrected chi connectivity index (χ1v) is 7.20. The Bertz CT molecular complexity index is 261. The molecule has 0 spiro atoms. The highest BCUT2D eigenvalue weighted by atomic mass is 32.2. The van der Waals surface area contributed by atoms with Gasteiger partial charge in [0.25, 0.3) is 0 Å². The largest absolute Gasteiger partial charge is 0.748 e. The number of hydrogen-bond donors (Lipinski definition) is 0. The van der Waals surface area contributed by atoms with E-state index in [1.165, 1.54) is 30.2 Å². The number of allylic oxidation sites excluding steroid dienone is 1. The summed E-state index contributed by atoms with van der Waals surface area (Å²) in [7, 11) is -1.72. The summed E-state index contributed by atoms with van der Waals surface area (Å²) in [6.07, 6.45) is 1.64. The van der Waals surface area contributed by atoms with Gasteiger partial charge in [-0.2, -0.15) is 0 Å². The molecule has 0 fully saturated rings. The van der Waals surface area contributed by atoms with Crippen molar-refractivity contribution in [2.24, 2.45) is 0 Å². The van der Waals surface area contributed by atoms with Crippen molar-refractivity contribution in [3.05, 3.63) is 12.7 Å². The summed E-state index contributed by atoms with van der Waals surface area (Å²) in [5.74, 6) is -0.337. The second-order valence-electron chi connectivity index (χ2n) is 3.91. The minimum absolute atomic E-state index is 0.242. The number of nitrogens with zero attached hydrogens (tertiary/aromatic N) is 1. The molecular weight excluding hydrogens is 226 g/mol. The van der Waals surface area contributed by atoms with Crippen LogP contribution in [0.3, 0.4) is 0 Å². The predicted molar refractivity (Wildman–Crippen MR) is 67.2 cm³/mol. The maximum absolute atomic E-state index is 9.79. The Hall–Kier alpha value is -0.390. The lowest BCUT2D eigenvalue weighted by Gasteiger charge is -2.30. The van der Waals surface area contributed by atoms with Gasteiger partial charge in [0.15, 0.2) is 0 Å². The molecule has 16 heavy (non-hydrogen) atoms. The van der Waals surface area contributed by atoms with Crippen molar-refractivity contribution in [3.63, 3.8) is 0 Å². The lowest BCUT2D eigenvalue weighted by atomic mass is 10.4. The van der Waals surface area contributed by atoms with Crippen molar-refractivity contribution in [2.75, 3.05) is 32.4 Å². The zero-order chi connectivity index (χ0) is 13.2. The van der Waals surface area contributed by atoms with Crippen LogP contribution in [0.4, 0.5) is 0 Å². The van der Waals surface area contributed by atoms with Crippen molar-refractivity contribution in [2.45, 2.75) is 27.2 Å². The molecule has 0 rings (SSSR count). The maximum atomic E-state index is 9.79. The molecule has 0 atom stereocenters. The van der Waals surface area contributed by atoms with Crippen LogP contribution in [-0.2, 0) is 10.1 Å². The van der Waals surface area contributed by atoms with E-state index in [0.717, 1.165) is 0 Å². The SMILES string of the molecule is C=CCCS(=O)(=O)[O-].CC[N+](C)(CC)CC. The van der Waals surface area contributed by atoms with Crippen LogP contribution in [0.15, 0.2) is 12.7 Å². The van der Waals surface area contributed by atoms with E-state index in [1.54, 1.807) is 0 Å². The van der Waals surface area contributed by atoms with Crippen LogP contribution >= 0.6 is 0 Å². The first-order chi connectivity index (χ1) is 7.24. The van der Waals surface area contributed by atoms with Crippen molar-refractivity contribution >= 4 is 10.1 Å². The van der Waals surface area contributed by atoms with Crippen LogP contribution in [0.1, 0.15) is 27.2 Å². The van der Waals surface area contributed by atoms with Gasteiger partial charge in [0.1, 0.15) is 0 Å². The van der Waals surface area contributed by atoms with Crippen molar-refractivity contribution in [1.29, 1.82) is 0 Å². The fourth-order valence-corrected chi connectivity index (χ4v) is 1.35. The molecule has 0 heterocycles. The van der Waals surface area contributed by atoms with Gasteiger partial charge in [-0.1, -0.05) is 6.08 Å². The smallest absolute Gasteiger partial charge is 0.0948 e. The highest BCUT2D eigenvalue weighted by molar-refractivity contribution is 7.85. The molecule has 0 bridgehead atoms. The Morgan fingerprint density at radius 2 is 1.56 bits per heavy atom. The Kier molecular flexibility index (Phi) is 9.81. The molecule has 98 valence electrons. The second kappa shape index (κ2) is 8.73. The third-order valence-electron chi connectivity index (χ3n) is 2.86. The Morgan fingerprint density at radius 1 is 1.19 bits per heavy atom. The Balaban J connectivity index is 0. The maximum Gasteiger partial charge on any atom is 0.0948 e. The minimum Gasteiger partial charge on any atom is -0.748 e. The zero-order valence-electron chi connectivity index (χ0n) is 10.9. The second-order valence-corrected chi connectivity index (χ2v) is 5.43. The summed E-state index contributed by atoms with van der Waals surface area (Å²) < 4.78 is 30.6. The third-order valence-corrected chi connectivity index (χ3v) is 3.60. The fraction of sp³-hybridized carbons (Fsp3) is 0.818. The molecule has 0 unspecified atom stereocenters. The molecule has 0 aliphatic heterocycles. The first kappa shape index (κ1) is 18.0. The van der Waals surface area contributed by atoms with E-state index in [9.17, 15) is 13.0 Å². The lowest BCUT2D eigenvalue weighted by Crippen LogP contribution is -2.42. The molecule has 0 radical (unpaired) electrons. The van der Waals surface area contributed by atoms with E-state index in [4.69, 9.17) is 0 Å². The van der Waals surface area contributed by atoms with Gasteiger partial charge in [-0.15, -0.1) is 6.58 Å². The van der Waals surface area contributed by atoms with Crippen molar-refractivity contribution < 1.29 is 17.5 Å². The Morgan fingerprint density at radius 3 is 1.62 bits per heavy atom. The number of quaternary nitrogens is 1. The van der Waals surface area contributed by atoms with Crippen molar-refractivity contribution in [1.82, 2.24) is 0 Å². The van der Waals surface area contributed by atoms with E-state index >= 15 is 0 Å². The minimum atomic E-state index is -4.01. The summed E-state index contributed by atoms with van der Waals surface area (Å²) in [4.78, 5) is 0. The van der Waals surface area contributed by atoms with E-state index < -0.39 is 10.1 Å². The summed E-state index contributed by atoms with van der Waals surface area (Å²) in [5.41, 5.74) is 0. The molecule has 0 aromatic heterocycles. The topological polar surface area (TPSA) is 57.2 Å². The summed E-state index contributed by atoms with van der Waals surface area (Å²) >= 11 is 0. The molecule has 0 saturated carbocycles. The van der Waals surface area contributed by atoms with E-state index in [1.807, 2.05) is 0 Å². The monoisotopic (exact) mass is 251 g/mol. The standard InChI is InChI=1S/C7H18N.C4H8O3S/c1-5-8(4,6-2)7-3;1-2-3-4-8(5,6)7/h5-7H2,1-4H3;2H,1,3-4H2,(H,5,6,7)/q+1;/p-1. The van der Waals surface area contributed by atoms with Gasteiger partial charge in [0.05, 0.1) is 36.8 Å². The van der Waals surface area contributed by atoms with E-state index in [2.05, 4.69) is 34.4 Å². The van der Waals surface area contributed by atoms with Gasteiger partial charge in [-0.25, -0.2) is 8.42 Å². The van der Waals surface area contributed by atoms with E-state index in [-0.39, 0.29) is 12.2 Å². The van der Waals surface area contributed by atoms with Crippen LogP contribution in [0.25, 0.3) is 0 Å². The molecule has 0 aromatic rings. The van der Waals surface area contributed by atoms with Crippen LogP contribution in [-0.4, -0.2) is 49.9 Å². The summed E-state index contributed by atoms with van der Waals surface area (Å²) in [5, 5.41) is 0. The van der Waals surface area contributed by atoms with Gasteiger partial charge >= 0.3 is 0 Å². The average molecular weight is 251 g/mol. The molecule has 4 nitrogen and oxygen atoms in total. The molecule has 0 aliphatic rings. The van der Waals surface area contributed by atoms with Crippen LogP contribution in [0, 0.1) is 0 Å². The molecule has 0 saturated heterocycles. The van der Waals surface area contributed by atoms with Gasteiger partial charge < -0.3 is 9.04 Å². The third kappa shape index (κ3) is 11.7. The molecule has 0 aromatic carbocycles. The average Bonchev–Trinajstić information content (AvgIpc) is 2.25. The summed E-state index contributed by atoms with van der Waals surface area (Å²) in [6.45, 7) is 13.8. The van der Waals surface area contributed by atoms with Gasteiger partial charge in [-0.3, -0.25) is 0 Å². The van der Waals surface area contributed by atoms with E-state index in [0.29, 0.717) is 0 Å². The molecule has 0 aliphatic carbocycles. The molecule has 5 heteroatoms. The van der Waals surface area contributed by atoms with Gasteiger partial charge in [0.2, 0.25) is 0 Å². The van der Waals surface area contributed by atoms with Crippen LogP contribution < -0.4 is 0 Å².